The van der Waals surface area contributed by atoms with Crippen LogP contribution in [0.3, 0.4) is 0 Å². The molecule has 90 valence electrons. The van der Waals surface area contributed by atoms with Crippen LogP contribution in [0.4, 0.5) is 10.6 Å². The Bertz CT molecular complexity index is 354. The molecule has 2 amide bonds. The molecule has 0 saturated carbocycles. The number of aliphatic hydroxyl groups excluding tert-OH is 1. The van der Waals surface area contributed by atoms with Gasteiger partial charge in [0.05, 0.1) is 5.51 Å². The van der Waals surface area contributed by atoms with Crippen molar-refractivity contribution in [3.63, 3.8) is 0 Å². The minimum absolute atomic E-state index is 0.373. The monoisotopic (exact) mass is 303 g/mol. The molecule has 1 atom stereocenters. The number of aliphatic hydroxyl groups is 1. The van der Waals surface area contributed by atoms with Gasteiger partial charge in [-0.15, -0.1) is 11.3 Å². The zero-order valence-corrected chi connectivity index (χ0v) is 11.1. The minimum Gasteiger partial charge on any atom is -0.369 e. The van der Waals surface area contributed by atoms with Gasteiger partial charge in [0.1, 0.15) is 5.82 Å². The normalized spacial score (nSPS) is 13.3. The summed E-state index contributed by atoms with van der Waals surface area (Å²) in [7, 11) is 1.30. The van der Waals surface area contributed by atoms with Crippen molar-refractivity contribution in [3.05, 3.63) is 10.9 Å². The van der Waals surface area contributed by atoms with Crippen molar-refractivity contribution < 1.29 is 9.90 Å². The molecule has 1 unspecified atom stereocenters. The second-order valence-corrected chi connectivity index (χ2v) is 5.92. The zero-order chi connectivity index (χ0) is 12.3. The van der Waals surface area contributed by atoms with E-state index in [1.54, 1.807) is 10.9 Å². The second-order valence-electron chi connectivity index (χ2n) is 2.83. The largest absolute Gasteiger partial charge is 0.369 e. The number of aromatic nitrogens is 1. The number of thiazole rings is 1. The highest BCUT2D eigenvalue weighted by molar-refractivity contribution is 7.07. The van der Waals surface area contributed by atoms with Gasteiger partial charge in [-0.25, -0.2) is 9.78 Å². The van der Waals surface area contributed by atoms with Crippen LogP contribution < -0.4 is 5.32 Å². The Balaban J connectivity index is 2.61. The lowest BCUT2D eigenvalue weighted by Crippen LogP contribution is -2.46. The molecule has 0 bridgehead atoms. The molecule has 0 fully saturated rings. The molecule has 1 aromatic heterocycles. The molecule has 0 saturated heterocycles. The summed E-state index contributed by atoms with van der Waals surface area (Å²) in [5, 5.41) is 13.6. The highest BCUT2D eigenvalue weighted by atomic mass is 35.6. The minimum atomic E-state index is -1.96. The number of urea groups is 1. The molecule has 1 heterocycles. The standard InChI is InChI=1S/C7H8Cl3N3O2S/c1-13(5(14)7(8,9)10)6(15)12-4-2-16-3-11-4/h2-3,5,14H,1H3,(H,12,15). The summed E-state index contributed by atoms with van der Waals surface area (Å²) in [6.45, 7) is 0. The van der Waals surface area contributed by atoms with Crippen LogP contribution in [0.15, 0.2) is 10.9 Å². The first kappa shape index (κ1) is 13.8. The van der Waals surface area contributed by atoms with Gasteiger partial charge in [-0.05, 0) is 0 Å². The maximum atomic E-state index is 11.5. The summed E-state index contributed by atoms with van der Waals surface area (Å²) < 4.78 is -1.96. The van der Waals surface area contributed by atoms with Gasteiger partial charge in [-0.1, -0.05) is 34.8 Å². The Kier molecular flexibility index (Phi) is 4.63. The second kappa shape index (κ2) is 5.37. The SMILES string of the molecule is CN(C(=O)Nc1cscn1)C(O)C(Cl)(Cl)Cl. The molecule has 5 nitrogen and oxygen atoms in total. The number of halogens is 3. The van der Waals surface area contributed by atoms with Crippen molar-refractivity contribution >= 4 is 58.0 Å². The summed E-state index contributed by atoms with van der Waals surface area (Å²) in [5.41, 5.74) is 1.56. The van der Waals surface area contributed by atoms with E-state index in [1.807, 2.05) is 0 Å². The highest BCUT2D eigenvalue weighted by Crippen LogP contribution is 2.31. The van der Waals surface area contributed by atoms with E-state index < -0.39 is 16.1 Å². The van der Waals surface area contributed by atoms with E-state index in [0.717, 1.165) is 4.90 Å². The smallest absolute Gasteiger partial charge is 0.324 e. The van der Waals surface area contributed by atoms with Crippen molar-refractivity contribution in [3.8, 4) is 0 Å². The maximum Gasteiger partial charge on any atom is 0.324 e. The van der Waals surface area contributed by atoms with E-state index in [0.29, 0.717) is 5.82 Å². The molecule has 16 heavy (non-hydrogen) atoms. The number of nitrogens with one attached hydrogen (secondary N) is 1. The summed E-state index contributed by atoms with van der Waals surface area (Å²) in [4.78, 5) is 16.2. The average Bonchev–Trinajstić information content (AvgIpc) is 2.66. The first-order valence-electron chi connectivity index (χ1n) is 3.99. The summed E-state index contributed by atoms with van der Waals surface area (Å²) in [5.74, 6) is 0.373. The summed E-state index contributed by atoms with van der Waals surface area (Å²) in [6.07, 6.45) is -1.55. The number of rotatable bonds is 2. The Hall–Kier alpha value is -0.270. The molecule has 0 aliphatic carbocycles. The van der Waals surface area contributed by atoms with Gasteiger partial charge in [0.2, 0.25) is 3.79 Å². The Morgan fingerprint density at radius 3 is 2.75 bits per heavy atom. The van der Waals surface area contributed by atoms with Crippen molar-refractivity contribution in [1.82, 2.24) is 9.88 Å². The lowest BCUT2D eigenvalue weighted by molar-refractivity contribution is 0.0547. The molecule has 9 heteroatoms. The van der Waals surface area contributed by atoms with Gasteiger partial charge in [-0.3, -0.25) is 10.2 Å². The van der Waals surface area contributed by atoms with Crippen molar-refractivity contribution in [2.24, 2.45) is 0 Å². The van der Waals surface area contributed by atoms with Gasteiger partial charge in [0, 0.05) is 12.4 Å². The van der Waals surface area contributed by atoms with Crippen LogP contribution >= 0.6 is 46.1 Å². The van der Waals surface area contributed by atoms with Crippen LogP contribution in [0.1, 0.15) is 0 Å². The van der Waals surface area contributed by atoms with Crippen molar-refractivity contribution in [2.75, 3.05) is 12.4 Å². The van der Waals surface area contributed by atoms with E-state index in [4.69, 9.17) is 34.8 Å². The zero-order valence-electron chi connectivity index (χ0n) is 8.02. The van der Waals surface area contributed by atoms with Gasteiger partial charge in [-0.2, -0.15) is 0 Å². The van der Waals surface area contributed by atoms with Crippen LogP contribution in [0.25, 0.3) is 0 Å². The Labute approximate surface area is 111 Å². The van der Waals surface area contributed by atoms with Crippen LogP contribution in [0.5, 0.6) is 0 Å². The third-order valence-corrected chi connectivity index (χ3v) is 2.82. The van der Waals surface area contributed by atoms with Crippen LogP contribution in [-0.2, 0) is 0 Å². The van der Waals surface area contributed by atoms with Gasteiger partial charge < -0.3 is 5.11 Å². The van der Waals surface area contributed by atoms with Crippen LogP contribution in [0.2, 0.25) is 0 Å². The number of carbonyl (C=O) groups excluding carboxylic acids is 1. The third-order valence-electron chi connectivity index (χ3n) is 1.65. The predicted molar refractivity (Wildman–Crippen MR) is 65.2 cm³/mol. The number of nitrogens with zero attached hydrogens (tertiary/aromatic N) is 2. The number of carbonyl (C=O) groups is 1. The predicted octanol–water partition coefficient (Wildman–Crippen LogP) is 2.30. The first-order valence-corrected chi connectivity index (χ1v) is 6.07. The molecular formula is C7H8Cl3N3O2S. The summed E-state index contributed by atoms with van der Waals surface area (Å²) in [6, 6.07) is -0.621. The molecular weight excluding hydrogens is 297 g/mol. The number of anilines is 1. The lowest BCUT2D eigenvalue weighted by atomic mass is 10.5. The number of amides is 2. The van der Waals surface area contributed by atoms with Gasteiger partial charge in [0.15, 0.2) is 6.23 Å². The van der Waals surface area contributed by atoms with E-state index in [-0.39, 0.29) is 0 Å². The molecule has 0 radical (unpaired) electrons. The third kappa shape index (κ3) is 3.64. The Morgan fingerprint density at radius 2 is 2.31 bits per heavy atom. The van der Waals surface area contributed by atoms with Crippen LogP contribution in [-0.4, -0.2) is 38.1 Å². The fourth-order valence-corrected chi connectivity index (χ4v) is 1.73. The fraction of sp³-hybridized carbons (Fsp3) is 0.429. The summed E-state index contributed by atoms with van der Waals surface area (Å²) >= 11 is 17.7. The number of hydrogen-bond donors (Lipinski definition) is 2. The highest BCUT2D eigenvalue weighted by Gasteiger charge is 2.36. The molecule has 0 aliphatic rings. The molecule has 1 rings (SSSR count). The molecule has 0 aromatic carbocycles. The number of alkyl halides is 3. The van der Waals surface area contributed by atoms with Crippen molar-refractivity contribution in [2.45, 2.75) is 10.0 Å². The fourth-order valence-electron chi connectivity index (χ4n) is 0.803. The van der Waals surface area contributed by atoms with E-state index in [2.05, 4.69) is 10.3 Å². The van der Waals surface area contributed by atoms with Crippen LogP contribution in [0, 0.1) is 0 Å². The van der Waals surface area contributed by atoms with E-state index in [9.17, 15) is 9.90 Å². The number of hydrogen-bond acceptors (Lipinski definition) is 4. The quantitative estimate of drug-likeness (QED) is 0.651. The molecule has 0 spiro atoms. The topological polar surface area (TPSA) is 65.5 Å². The van der Waals surface area contributed by atoms with E-state index >= 15 is 0 Å². The van der Waals surface area contributed by atoms with E-state index in [1.165, 1.54) is 18.4 Å². The Morgan fingerprint density at radius 1 is 1.69 bits per heavy atom. The average molecular weight is 305 g/mol. The molecule has 1 aromatic rings. The maximum absolute atomic E-state index is 11.5. The van der Waals surface area contributed by atoms with Gasteiger partial charge >= 0.3 is 6.03 Å². The molecule has 2 N–H and O–H groups in total. The lowest BCUT2D eigenvalue weighted by Gasteiger charge is -2.28. The first-order chi connectivity index (χ1) is 7.32. The van der Waals surface area contributed by atoms with Gasteiger partial charge in [0.25, 0.3) is 0 Å². The van der Waals surface area contributed by atoms with Crippen molar-refractivity contribution in [1.29, 1.82) is 0 Å². The molecule has 0 aliphatic heterocycles.